The number of hydrogen-bond acceptors (Lipinski definition) is 5. The van der Waals surface area contributed by atoms with Crippen molar-refractivity contribution in [2.24, 2.45) is 5.92 Å². The van der Waals surface area contributed by atoms with E-state index in [2.05, 4.69) is 15.1 Å². The largest absolute Gasteiger partial charge is 0.368 e. The third-order valence-electron chi connectivity index (χ3n) is 6.51. The molecule has 1 aliphatic heterocycles. The van der Waals surface area contributed by atoms with Gasteiger partial charge in [0.05, 0.1) is 5.69 Å². The Morgan fingerprint density at radius 1 is 0.944 bits per heavy atom. The van der Waals surface area contributed by atoms with Gasteiger partial charge in [0, 0.05) is 57.1 Å². The Kier molecular flexibility index (Phi) is 6.49. The minimum absolute atomic E-state index is 0.00863. The zero-order valence-corrected chi connectivity index (χ0v) is 19.8. The number of halogens is 2. The fraction of sp³-hybridized carbons (Fsp3) is 0.308. The number of benzene rings is 2. The summed E-state index contributed by atoms with van der Waals surface area (Å²) < 4.78 is 29.7. The number of aromatic nitrogens is 4. The highest BCUT2D eigenvalue weighted by molar-refractivity contribution is 5.76. The van der Waals surface area contributed by atoms with Gasteiger partial charge in [0.2, 0.25) is 11.6 Å². The van der Waals surface area contributed by atoms with Crippen molar-refractivity contribution in [3.63, 3.8) is 0 Å². The molecule has 1 aliphatic rings. The lowest BCUT2D eigenvalue weighted by Gasteiger charge is -2.36. The average molecular weight is 493 g/mol. The second-order valence-corrected chi connectivity index (χ2v) is 9.12. The first-order valence-electron chi connectivity index (χ1n) is 11.9. The van der Waals surface area contributed by atoms with Crippen LogP contribution in [0.5, 0.6) is 0 Å². The highest BCUT2D eigenvalue weighted by Crippen LogP contribution is 2.19. The van der Waals surface area contributed by atoms with Crippen LogP contribution in [0.3, 0.4) is 0 Å². The Morgan fingerprint density at radius 3 is 2.42 bits per heavy atom. The molecule has 4 aromatic rings. The van der Waals surface area contributed by atoms with Crippen molar-refractivity contribution in [2.45, 2.75) is 19.8 Å². The van der Waals surface area contributed by atoms with E-state index < -0.39 is 11.4 Å². The Labute approximate surface area is 206 Å². The first kappa shape index (κ1) is 23.7. The van der Waals surface area contributed by atoms with E-state index in [4.69, 9.17) is 0 Å². The summed E-state index contributed by atoms with van der Waals surface area (Å²) in [6, 6.07) is 12.2. The summed E-state index contributed by atoms with van der Waals surface area (Å²) in [6.07, 6.45) is 4.07. The van der Waals surface area contributed by atoms with Crippen LogP contribution in [0.1, 0.15) is 19.2 Å². The minimum Gasteiger partial charge on any atom is -0.368 e. The smallest absolute Gasteiger partial charge is 0.300 e. The molecule has 0 saturated carbocycles. The van der Waals surface area contributed by atoms with Gasteiger partial charge in [-0.2, -0.15) is 0 Å². The van der Waals surface area contributed by atoms with Crippen molar-refractivity contribution in [3.8, 4) is 5.69 Å². The zero-order chi connectivity index (χ0) is 25.2. The van der Waals surface area contributed by atoms with Crippen molar-refractivity contribution >= 4 is 17.2 Å². The van der Waals surface area contributed by atoms with E-state index in [-0.39, 0.29) is 23.3 Å². The lowest BCUT2D eigenvalue weighted by molar-refractivity contribution is -0.132. The molecular formula is C26H26F2N6O2. The molecule has 0 N–H and O–H groups in total. The summed E-state index contributed by atoms with van der Waals surface area (Å²) in [5.74, 6) is -0.0415. The Morgan fingerprint density at radius 2 is 1.69 bits per heavy atom. The molecule has 1 amide bonds. The number of anilines is 1. The summed E-state index contributed by atoms with van der Waals surface area (Å²) in [6.45, 7) is 4.57. The van der Waals surface area contributed by atoms with Gasteiger partial charge in [0.15, 0.2) is 0 Å². The van der Waals surface area contributed by atoms with Crippen LogP contribution < -0.4 is 10.5 Å². The number of carbonyl (C=O) groups is 1. The molecule has 10 heteroatoms. The van der Waals surface area contributed by atoms with Crippen molar-refractivity contribution in [2.75, 3.05) is 31.1 Å². The number of rotatable bonds is 6. The molecule has 186 valence electrons. The highest BCUT2D eigenvalue weighted by Gasteiger charge is 2.23. The molecule has 2 aromatic carbocycles. The molecule has 3 heterocycles. The van der Waals surface area contributed by atoms with Crippen LogP contribution >= 0.6 is 0 Å². The van der Waals surface area contributed by atoms with E-state index in [1.807, 2.05) is 11.8 Å². The highest BCUT2D eigenvalue weighted by atomic mass is 19.1. The topological polar surface area (TPSA) is 75.7 Å². The Hall–Kier alpha value is -4.08. The molecule has 36 heavy (non-hydrogen) atoms. The third kappa shape index (κ3) is 4.84. The number of fused-ring (bicyclic) bond motifs is 1. The first-order valence-corrected chi connectivity index (χ1v) is 11.9. The molecule has 1 fully saturated rings. The van der Waals surface area contributed by atoms with Crippen LogP contribution in [-0.2, 0) is 11.2 Å². The Bertz CT molecular complexity index is 1440. The van der Waals surface area contributed by atoms with Gasteiger partial charge in [-0.25, -0.2) is 8.78 Å². The van der Waals surface area contributed by atoms with E-state index in [1.54, 1.807) is 35.0 Å². The lowest BCUT2D eigenvalue weighted by Crippen LogP contribution is -2.49. The molecule has 1 atom stereocenters. The molecule has 8 nitrogen and oxygen atoms in total. The van der Waals surface area contributed by atoms with Crippen molar-refractivity contribution in [1.29, 1.82) is 0 Å². The molecule has 0 radical (unpaired) electrons. The average Bonchev–Trinajstić information content (AvgIpc) is 3.28. The molecule has 1 saturated heterocycles. The molecule has 0 bridgehead atoms. The van der Waals surface area contributed by atoms with Crippen LogP contribution in [0.2, 0.25) is 0 Å². The number of amides is 1. The van der Waals surface area contributed by atoms with Crippen LogP contribution in [0.25, 0.3) is 11.3 Å². The van der Waals surface area contributed by atoms with Crippen molar-refractivity contribution in [1.82, 2.24) is 24.1 Å². The third-order valence-corrected chi connectivity index (χ3v) is 6.51. The second kappa shape index (κ2) is 9.88. The van der Waals surface area contributed by atoms with Gasteiger partial charge < -0.3 is 9.80 Å². The minimum atomic E-state index is -0.434. The number of carbonyl (C=O) groups excluding carboxylic acids is 1. The van der Waals surface area contributed by atoms with Gasteiger partial charge in [-0.1, -0.05) is 13.0 Å². The van der Waals surface area contributed by atoms with E-state index in [1.165, 1.54) is 34.9 Å². The monoisotopic (exact) mass is 492 g/mol. The fourth-order valence-electron chi connectivity index (χ4n) is 4.58. The summed E-state index contributed by atoms with van der Waals surface area (Å²) in [4.78, 5) is 29.8. The van der Waals surface area contributed by atoms with Crippen molar-refractivity contribution in [3.05, 3.63) is 88.7 Å². The van der Waals surface area contributed by atoms with Crippen LogP contribution in [-0.4, -0.2) is 56.2 Å². The van der Waals surface area contributed by atoms with Gasteiger partial charge in [-0.05, 0) is 48.4 Å². The van der Waals surface area contributed by atoms with Gasteiger partial charge in [-0.3, -0.25) is 18.6 Å². The zero-order valence-electron chi connectivity index (χ0n) is 19.8. The van der Waals surface area contributed by atoms with Crippen LogP contribution in [0.15, 0.2) is 65.7 Å². The van der Waals surface area contributed by atoms with Gasteiger partial charge in [0.1, 0.15) is 17.5 Å². The Balaban J connectivity index is 1.21. The van der Waals surface area contributed by atoms with Crippen molar-refractivity contribution < 1.29 is 13.6 Å². The molecular weight excluding hydrogens is 466 g/mol. The normalized spacial score (nSPS) is 14.9. The number of nitrogens with zero attached hydrogens (tertiary/aromatic N) is 6. The molecule has 0 unspecified atom stereocenters. The number of piperazine rings is 1. The second-order valence-electron chi connectivity index (χ2n) is 9.12. The van der Waals surface area contributed by atoms with E-state index in [9.17, 15) is 18.4 Å². The lowest BCUT2D eigenvalue weighted by atomic mass is 10.0. The summed E-state index contributed by atoms with van der Waals surface area (Å²) in [7, 11) is 0. The molecule has 5 rings (SSSR count). The predicted octanol–water partition coefficient (Wildman–Crippen LogP) is 3.08. The number of hydrogen-bond donors (Lipinski definition) is 0. The predicted molar refractivity (Wildman–Crippen MR) is 131 cm³/mol. The summed E-state index contributed by atoms with van der Waals surface area (Å²) >= 11 is 0. The van der Waals surface area contributed by atoms with Crippen LogP contribution in [0, 0.1) is 17.6 Å². The molecule has 0 aliphatic carbocycles. The maximum absolute atomic E-state index is 13.6. The van der Waals surface area contributed by atoms with E-state index >= 15 is 0 Å². The summed E-state index contributed by atoms with van der Waals surface area (Å²) in [5, 5.41) is 8.24. The maximum atomic E-state index is 13.6. The summed E-state index contributed by atoms with van der Waals surface area (Å²) in [5.41, 5.74) is 1.11. The van der Waals surface area contributed by atoms with Gasteiger partial charge in [-0.15, -0.1) is 10.2 Å². The SMILES string of the molecule is C[C@H](CC(=O)N1CCN(c2ccc(F)cc2)CC1)Cc1nnc2c(=O)n(-c3cccc(F)c3)ccn12. The quantitative estimate of drug-likeness (QED) is 0.414. The van der Waals surface area contributed by atoms with Gasteiger partial charge >= 0.3 is 5.56 Å². The standard InChI is InChI=1S/C26H26F2N6O2/c1-18(16-24(35)32-11-9-31(10-12-32)21-7-5-19(27)6-8-21)15-23-29-30-25-26(36)33(13-14-34(23)25)22-4-2-3-20(28)17-22/h2-8,13-14,17-18H,9-12,15-16H2,1H3/t18-/m0/s1. The van der Waals surface area contributed by atoms with E-state index in [0.29, 0.717) is 50.5 Å². The maximum Gasteiger partial charge on any atom is 0.300 e. The molecule has 0 spiro atoms. The van der Waals surface area contributed by atoms with Crippen LogP contribution in [0.4, 0.5) is 14.5 Å². The molecule has 2 aromatic heterocycles. The van der Waals surface area contributed by atoms with Gasteiger partial charge in [0.25, 0.3) is 0 Å². The fourth-order valence-corrected chi connectivity index (χ4v) is 4.58. The first-order chi connectivity index (χ1) is 17.4. The van der Waals surface area contributed by atoms with E-state index in [0.717, 1.165) is 5.69 Å².